The van der Waals surface area contributed by atoms with Gasteiger partial charge in [0.25, 0.3) is 0 Å². The molecule has 4 heteroatoms. The zero-order valence-electron chi connectivity index (χ0n) is 10.6. The van der Waals surface area contributed by atoms with Gasteiger partial charge in [-0.05, 0) is 27.4 Å². The van der Waals surface area contributed by atoms with Crippen LogP contribution in [0.15, 0.2) is 0 Å². The molecule has 4 nitrogen and oxygen atoms in total. The van der Waals surface area contributed by atoms with Gasteiger partial charge in [0.05, 0.1) is 6.07 Å². The summed E-state index contributed by atoms with van der Waals surface area (Å²) in [6.45, 7) is 7.35. The molecule has 2 heterocycles. The zero-order valence-corrected chi connectivity index (χ0v) is 10.6. The smallest absolute Gasteiger partial charge is 0.123 e. The van der Waals surface area contributed by atoms with Gasteiger partial charge in [-0.15, -0.1) is 0 Å². The van der Waals surface area contributed by atoms with Gasteiger partial charge in [-0.2, -0.15) is 5.26 Å². The predicted octanol–water partition coefficient (Wildman–Crippen LogP) is 0.220. The van der Waals surface area contributed by atoms with E-state index in [1.807, 2.05) is 0 Å². The Hall–Kier alpha value is -0.630. The lowest BCUT2D eigenvalue weighted by Gasteiger charge is -2.41. The summed E-state index contributed by atoms with van der Waals surface area (Å²) in [5.41, 5.74) is -0.227. The molecule has 0 N–H and O–H groups in total. The summed E-state index contributed by atoms with van der Waals surface area (Å²) in [4.78, 5) is 7.04. The van der Waals surface area contributed by atoms with Gasteiger partial charge in [0.2, 0.25) is 0 Å². The van der Waals surface area contributed by atoms with E-state index in [0.29, 0.717) is 6.04 Å². The van der Waals surface area contributed by atoms with Crippen molar-refractivity contribution in [2.45, 2.75) is 24.9 Å². The summed E-state index contributed by atoms with van der Waals surface area (Å²) < 4.78 is 0. The molecule has 0 aromatic rings. The van der Waals surface area contributed by atoms with Gasteiger partial charge in [0, 0.05) is 38.8 Å². The first-order chi connectivity index (χ1) is 7.57. The molecule has 0 saturated carbocycles. The number of hydrogen-bond acceptors (Lipinski definition) is 4. The molecule has 90 valence electrons. The first-order valence-electron chi connectivity index (χ1n) is 6.12. The maximum absolute atomic E-state index is 9.54. The van der Waals surface area contributed by atoms with E-state index in [1.165, 1.54) is 0 Å². The minimum absolute atomic E-state index is 0.227. The van der Waals surface area contributed by atoms with Gasteiger partial charge < -0.3 is 9.80 Å². The van der Waals surface area contributed by atoms with Crippen LogP contribution in [0.25, 0.3) is 0 Å². The summed E-state index contributed by atoms with van der Waals surface area (Å²) in [6.07, 6.45) is 0.990. The van der Waals surface area contributed by atoms with E-state index in [9.17, 15) is 5.26 Å². The number of nitrogens with zero attached hydrogens (tertiary/aromatic N) is 4. The number of piperazine rings is 1. The van der Waals surface area contributed by atoms with Crippen LogP contribution in [0.3, 0.4) is 0 Å². The summed E-state index contributed by atoms with van der Waals surface area (Å²) >= 11 is 0. The fourth-order valence-electron chi connectivity index (χ4n) is 2.89. The third-order valence-corrected chi connectivity index (χ3v) is 4.21. The monoisotopic (exact) mass is 222 g/mol. The highest BCUT2D eigenvalue weighted by atomic mass is 15.3. The third kappa shape index (κ3) is 1.95. The van der Waals surface area contributed by atoms with E-state index in [1.54, 1.807) is 0 Å². The maximum Gasteiger partial charge on any atom is 0.123 e. The van der Waals surface area contributed by atoms with Gasteiger partial charge in [0.1, 0.15) is 5.54 Å². The Bertz CT molecular complexity index is 278. The molecule has 2 fully saturated rings. The molecule has 0 aromatic carbocycles. The van der Waals surface area contributed by atoms with Crippen LogP contribution >= 0.6 is 0 Å². The minimum atomic E-state index is -0.227. The van der Waals surface area contributed by atoms with E-state index in [-0.39, 0.29) is 5.54 Å². The Labute approximate surface area is 98.4 Å². The topological polar surface area (TPSA) is 33.5 Å². The Kier molecular flexibility index (Phi) is 3.20. The molecular weight excluding hydrogens is 200 g/mol. The van der Waals surface area contributed by atoms with Gasteiger partial charge >= 0.3 is 0 Å². The molecule has 16 heavy (non-hydrogen) atoms. The molecule has 0 spiro atoms. The lowest BCUT2D eigenvalue weighted by atomic mass is 9.95. The Morgan fingerprint density at radius 2 is 1.81 bits per heavy atom. The Balaban J connectivity index is 2.09. The number of hydrogen-bond donors (Lipinski definition) is 0. The highest BCUT2D eigenvalue weighted by Crippen LogP contribution is 2.31. The van der Waals surface area contributed by atoms with Gasteiger partial charge in [-0.3, -0.25) is 4.90 Å². The van der Waals surface area contributed by atoms with Crippen molar-refractivity contribution in [1.82, 2.24) is 14.7 Å². The van der Waals surface area contributed by atoms with E-state index in [2.05, 4.69) is 41.8 Å². The highest BCUT2D eigenvalue weighted by molar-refractivity contribution is 5.16. The molecule has 2 aliphatic heterocycles. The van der Waals surface area contributed by atoms with Crippen molar-refractivity contribution in [2.75, 3.05) is 46.8 Å². The number of rotatable bonds is 1. The fourth-order valence-corrected chi connectivity index (χ4v) is 2.89. The third-order valence-electron chi connectivity index (χ3n) is 4.21. The van der Waals surface area contributed by atoms with Crippen molar-refractivity contribution in [3.63, 3.8) is 0 Å². The predicted molar refractivity (Wildman–Crippen MR) is 64.1 cm³/mol. The first kappa shape index (κ1) is 11.8. The zero-order chi connectivity index (χ0) is 11.8. The van der Waals surface area contributed by atoms with Crippen molar-refractivity contribution >= 4 is 0 Å². The molecule has 2 atom stereocenters. The number of likely N-dealkylation sites (N-methyl/N-ethyl adjacent to an activating group) is 2. The summed E-state index contributed by atoms with van der Waals surface area (Å²) in [5.74, 6) is 0. The molecule has 2 unspecified atom stereocenters. The van der Waals surface area contributed by atoms with Crippen LogP contribution in [0.1, 0.15) is 13.3 Å². The molecule has 0 radical (unpaired) electrons. The van der Waals surface area contributed by atoms with Crippen molar-refractivity contribution in [3.8, 4) is 6.07 Å². The van der Waals surface area contributed by atoms with Crippen molar-refractivity contribution in [1.29, 1.82) is 5.26 Å². The molecule has 0 amide bonds. The molecular formula is C12H22N4. The van der Waals surface area contributed by atoms with Crippen LogP contribution in [-0.2, 0) is 0 Å². The first-order valence-corrected chi connectivity index (χ1v) is 6.12. The van der Waals surface area contributed by atoms with Gasteiger partial charge in [-0.25, -0.2) is 0 Å². The van der Waals surface area contributed by atoms with Crippen molar-refractivity contribution in [2.24, 2.45) is 0 Å². The maximum atomic E-state index is 9.54. The van der Waals surface area contributed by atoms with Crippen molar-refractivity contribution < 1.29 is 0 Å². The SMILES string of the molecule is CC1CC(C#N)(N2CCN(C)CC2)CN1C. The molecule has 0 aromatic heterocycles. The highest BCUT2D eigenvalue weighted by Gasteiger charge is 2.46. The minimum Gasteiger partial charge on any atom is -0.304 e. The molecule has 0 bridgehead atoms. The van der Waals surface area contributed by atoms with Crippen LogP contribution in [0.5, 0.6) is 0 Å². The summed E-state index contributed by atoms with van der Waals surface area (Å²) in [6, 6.07) is 3.12. The van der Waals surface area contributed by atoms with Crippen LogP contribution in [0.4, 0.5) is 0 Å². The number of likely N-dealkylation sites (tertiary alicyclic amines) is 1. The molecule has 2 saturated heterocycles. The average Bonchev–Trinajstić information content (AvgIpc) is 2.57. The van der Waals surface area contributed by atoms with E-state index in [4.69, 9.17) is 0 Å². The number of nitriles is 1. The second kappa shape index (κ2) is 4.33. The van der Waals surface area contributed by atoms with Crippen LogP contribution in [-0.4, -0.2) is 73.1 Å². The van der Waals surface area contributed by atoms with Crippen LogP contribution < -0.4 is 0 Å². The van der Waals surface area contributed by atoms with Gasteiger partial charge in [0.15, 0.2) is 0 Å². The Morgan fingerprint density at radius 1 is 1.19 bits per heavy atom. The van der Waals surface area contributed by atoms with E-state index < -0.39 is 0 Å². The van der Waals surface area contributed by atoms with E-state index in [0.717, 1.165) is 39.1 Å². The van der Waals surface area contributed by atoms with Gasteiger partial charge in [-0.1, -0.05) is 0 Å². The summed E-state index contributed by atoms with van der Waals surface area (Å²) in [5, 5.41) is 9.54. The lowest BCUT2D eigenvalue weighted by molar-refractivity contribution is 0.0787. The Morgan fingerprint density at radius 3 is 2.25 bits per heavy atom. The van der Waals surface area contributed by atoms with E-state index >= 15 is 0 Å². The molecule has 0 aliphatic carbocycles. The van der Waals surface area contributed by atoms with Crippen molar-refractivity contribution in [3.05, 3.63) is 0 Å². The largest absolute Gasteiger partial charge is 0.304 e. The fraction of sp³-hybridized carbons (Fsp3) is 0.917. The van der Waals surface area contributed by atoms with Crippen LogP contribution in [0.2, 0.25) is 0 Å². The van der Waals surface area contributed by atoms with Crippen LogP contribution in [0, 0.1) is 11.3 Å². The standard InChI is InChI=1S/C12H22N4/c1-11-8-12(9-13,10-15(11)3)16-6-4-14(2)5-7-16/h11H,4-8,10H2,1-3H3. The lowest BCUT2D eigenvalue weighted by Crippen LogP contribution is -2.56. The normalized spacial score (nSPS) is 38.8. The second-order valence-corrected chi connectivity index (χ2v) is 5.40. The molecule has 2 rings (SSSR count). The second-order valence-electron chi connectivity index (χ2n) is 5.40. The average molecular weight is 222 g/mol. The quantitative estimate of drug-likeness (QED) is 0.635. The summed E-state index contributed by atoms with van der Waals surface area (Å²) in [7, 11) is 4.28. The molecule has 2 aliphatic rings.